The SMILES string of the molecule is CC(CCCNC(=O)Nc1cc(Cl)c(Cl)cc1Cl)C(=O)O. The molecule has 1 aromatic rings. The Morgan fingerprint density at radius 2 is 1.81 bits per heavy atom. The van der Waals surface area contributed by atoms with Crippen LogP contribution in [0.5, 0.6) is 0 Å². The molecule has 0 radical (unpaired) electrons. The van der Waals surface area contributed by atoms with Crippen molar-refractivity contribution in [1.82, 2.24) is 5.32 Å². The Morgan fingerprint density at radius 1 is 1.19 bits per heavy atom. The minimum absolute atomic E-state index is 0.277. The molecule has 0 saturated heterocycles. The van der Waals surface area contributed by atoms with Crippen LogP contribution in [-0.2, 0) is 4.79 Å². The van der Waals surface area contributed by atoms with E-state index < -0.39 is 17.9 Å². The number of halogens is 3. The Bertz CT molecular complexity index is 538. The molecule has 0 aliphatic heterocycles. The highest BCUT2D eigenvalue weighted by Gasteiger charge is 2.11. The molecular formula is C13H15Cl3N2O3. The number of carbonyl (C=O) groups excluding carboxylic acids is 1. The van der Waals surface area contributed by atoms with E-state index >= 15 is 0 Å². The quantitative estimate of drug-likeness (QED) is 0.528. The minimum Gasteiger partial charge on any atom is -0.481 e. The molecule has 1 aromatic carbocycles. The summed E-state index contributed by atoms with van der Waals surface area (Å²) in [5.74, 6) is -1.28. The van der Waals surface area contributed by atoms with Crippen LogP contribution in [0.4, 0.5) is 10.5 Å². The second-order valence-corrected chi connectivity index (χ2v) is 5.73. The molecule has 3 N–H and O–H groups in total. The maximum Gasteiger partial charge on any atom is 0.319 e. The molecular weight excluding hydrogens is 339 g/mol. The molecule has 2 amide bonds. The van der Waals surface area contributed by atoms with Gasteiger partial charge in [-0.05, 0) is 25.0 Å². The first-order valence-electron chi connectivity index (χ1n) is 6.23. The minimum atomic E-state index is -0.845. The Labute approximate surface area is 137 Å². The number of hydrogen-bond donors (Lipinski definition) is 3. The summed E-state index contributed by atoms with van der Waals surface area (Å²) >= 11 is 17.6. The number of rotatable bonds is 6. The summed E-state index contributed by atoms with van der Waals surface area (Å²) in [7, 11) is 0. The maximum atomic E-state index is 11.7. The number of amides is 2. The standard InChI is InChI=1S/C13H15Cl3N2O3/c1-7(12(19)20)3-2-4-17-13(21)18-11-6-9(15)8(14)5-10(11)16/h5-7H,2-4H2,1H3,(H,19,20)(H2,17,18,21). The molecule has 0 fully saturated rings. The molecule has 0 saturated carbocycles. The third kappa shape index (κ3) is 5.99. The van der Waals surface area contributed by atoms with Crippen molar-refractivity contribution >= 4 is 52.5 Å². The van der Waals surface area contributed by atoms with Gasteiger partial charge in [0.1, 0.15) is 0 Å². The van der Waals surface area contributed by atoms with E-state index in [2.05, 4.69) is 10.6 Å². The second-order valence-electron chi connectivity index (χ2n) is 4.51. The molecule has 0 aliphatic carbocycles. The molecule has 1 atom stereocenters. The van der Waals surface area contributed by atoms with Crippen LogP contribution in [0.25, 0.3) is 0 Å². The number of hydrogen-bond acceptors (Lipinski definition) is 2. The fourth-order valence-corrected chi connectivity index (χ4v) is 2.11. The van der Waals surface area contributed by atoms with Gasteiger partial charge in [0.2, 0.25) is 0 Å². The Balaban J connectivity index is 2.41. The van der Waals surface area contributed by atoms with Crippen molar-refractivity contribution in [3.05, 3.63) is 27.2 Å². The molecule has 5 nitrogen and oxygen atoms in total. The van der Waals surface area contributed by atoms with Gasteiger partial charge in [0, 0.05) is 6.54 Å². The number of carbonyl (C=O) groups is 2. The molecule has 0 aromatic heterocycles. The second kappa shape index (κ2) is 8.32. The van der Waals surface area contributed by atoms with Gasteiger partial charge in [-0.2, -0.15) is 0 Å². The fourth-order valence-electron chi connectivity index (χ4n) is 1.52. The third-order valence-electron chi connectivity index (χ3n) is 2.78. The summed E-state index contributed by atoms with van der Waals surface area (Å²) in [4.78, 5) is 22.3. The predicted molar refractivity (Wildman–Crippen MR) is 84.5 cm³/mol. The lowest BCUT2D eigenvalue weighted by Crippen LogP contribution is -2.30. The van der Waals surface area contributed by atoms with Crippen LogP contribution >= 0.6 is 34.8 Å². The molecule has 1 unspecified atom stereocenters. The van der Waals surface area contributed by atoms with Crippen molar-refractivity contribution in [3.63, 3.8) is 0 Å². The van der Waals surface area contributed by atoms with Crippen molar-refractivity contribution in [2.45, 2.75) is 19.8 Å². The molecule has 1 rings (SSSR count). The number of benzene rings is 1. The summed E-state index contributed by atoms with van der Waals surface area (Å²) in [5.41, 5.74) is 0.350. The highest BCUT2D eigenvalue weighted by atomic mass is 35.5. The Morgan fingerprint density at radius 3 is 2.43 bits per heavy atom. The van der Waals surface area contributed by atoms with Crippen molar-refractivity contribution in [2.24, 2.45) is 5.92 Å². The molecule has 0 heterocycles. The largest absolute Gasteiger partial charge is 0.481 e. The van der Waals surface area contributed by atoms with Gasteiger partial charge < -0.3 is 15.7 Å². The van der Waals surface area contributed by atoms with E-state index in [4.69, 9.17) is 39.9 Å². The van der Waals surface area contributed by atoms with Crippen LogP contribution in [0, 0.1) is 5.92 Å². The van der Waals surface area contributed by atoms with Gasteiger partial charge in [0.15, 0.2) is 0 Å². The number of nitrogens with one attached hydrogen (secondary N) is 2. The molecule has 0 aliphatic rings. The summed E-state index contributed by atoms with van der Waals surface area (Å²) in [5, 5.41) is 14.7. The zero-order chi connectivity index (χ0) is 16.0. The van der Waals surface area contributed by atoms with Gasteiger partial charge >= 0.3 is 12.0 Å². The predicted octanol–water partition coefficient (Wildman–Crippen LogP) is 4.27. The van der Waals surface area contributed by atoms with Crippen LogP contribution in [0.2, 0.25) is 15.1 Å². The van der Waals surface area contributed by atoms with E-state index in [9.17, 15) is 9.59 Å². The van der Waals surface area contributed by atoms with Crippen molar-refractivity contribution in [3.8, 4) is 0 Å². The van der Waals surface area contributed by atoms with E-state index in [0.29, 0.717) is 30.1 Å². The number of carboxylic acid groups (broad SMARTS) is 1. The number of urea groups is 1. The molecule has 21 heavy (non-hydrogen) atoms. The summed E-state index contributed by atoms with van der Waals surface area (Å²) in [6, 6.07) is 2.45. The van der Waals surface area contributed by atoms with Crippen molar-refractivity contribution in [1.29, 1.82) is 0 Å². The highest BCUT2D eigenvalue weighted by Crippen LogP contribution is 2.32. The van der Waals surface area contributed by atoms with Crippen LogP contribution < -0.4 is 10.6 Å². The monoisotopic (exact) mass is 352 g/mol. The third-order valence-corrected chi connectivity index (χ3v) is 3.81. The number of aliphatic carboxylic acids is 1. The lowest BCUT2D eigenvalue weighted by atomic mass is 10.1. The smallest absolute Gasteiger partial charge is 0.319 e. The van der Waals surface area contributed by atoms with Gasteiger partial charge in [-0.15, -0.1) is 0 Å². The van der Waals surface area contributed by atoms with E-state index in [-0.39, 0.29) is 10.0 Å². The van der Waals surface area contributed by atoms with Crippen LogP contribution in [0.3, 0.4) is 0 Å². The molecule has 116 valence electrons. The molecule has 0 bridgehead atoms. The zero-order valence-corrected chi connectivity index (χ0v) is 13.5. The average Bonchev–Trinajstić information content (AvgIpc) is 2.40. The lowest BCUT2D eigenvalue weighted by molar-refractivity contribution is -0.141. The molecule has 8 heteroatoms. The number of carboxylic acids is 1. The summed E-state index contributed by atoms with van der Waals surface area (Å²) in [6.07, 6.45) is 1.05. The van der Waals surface area contributed by atoms with Crippen LogP contribution in [-0.4, -0.2) is 23.7 Å². The first-order valence-corrected chi connectivity index (χ1v) is 7.37. The average molecular weight is 354 g/mol. The number of anilines is 1. The van der Waals surface area contributed by atoms with E-state index in [1.165, 1.54) is 12.1 Å². The van der Waals surface area contributed by atoms with Crippen LogP contribution in [0.1, 0.15) is 19.8 Å². The van der Waals surface area contributed by atoms with Gasteiger partial charge in [0.05, 0.1) is 26.7 Å². The van der Waals surface area contributed by atoms with Crippen molar-refractivity contribution in [2.75, 3.05) is 11.9 Å². The summed E-state index contributed by atoms with van der Waals surface area (Å²) in [6.45, 7) is 1.99. The van der Waals surface area contributed by atoms with Gasteiger partial charge in [-0.3, -0.25) is 4.79 Å². The van der Waals surface area contributed by atoms with E-state index in [1.54, 1.807) is 6.92 Å². The van der Waals surface area contributed by atoms with E-state index in [0.717, 1.165) is 0 Å². The van der Waals surface area contributed by atoms with Crippen LogP contribution in [0.15, 0.2) is 12.1 Å². The topological polar surface area (TPSA) is 78.4 Å². The first kappa shape index (κ1) is 17.9. The first-order chi connectivity index (χ1) is 9.81. The van der Waals surface area contributed by atoms with Gasteiger partial charge in [-0.25, -0.2) is 4.79 Å². The van der Waals surface area contributed by atoms with E-state index in [1.807, 2.05) is 0 Å². The lowest BCUT2D eigenvalue weighted by Gasteiger charge is -2.10. The van der Waals surface area contributed by atoms with Crippen molar-refractivity contribution < 1.29 is 14.7 Å². The van der Waals surface area contributed by atoms with Gasteiger partial charge in [0.25, 0.3) is 0 Å². The van der Waals surface area contributed by atoms with Gasteiger partial charge in [-0.1, -0.05) is 41.7 Å². The summed E-state index contributed by atoms with van der Waals surface area (Å²) < 4.78 is 0. The Hall–Kier alpha value is -1.17. The normalized spacial score (nSPS) is 11.8. The highest BCUT2D eigenvalue weighted by molar-refractivity contribution is 6.44. The zero-order valence-electron chi connectivity index (χ0n) is 11.3. The fraction of sp³-hybridized carbons (Fsp3) is 0.385. The molecule has 0 spiro atoms. The Kier molecular flexibility index (Phi) is 7.08. The maximum absolute atomic E-state index is 11.7.